The van der Waals surface area contributed by atoms with Gasteiger partial charge in [-0.3, -0.25) is 14.9 Å². The lowest BCUT2D eigenvalue weighted by molar-refractivity contribution is -0.131. The van der Waals surface area contributed by atoms with Gasteiger partial charge in [0.25, 0.3) is 0 Å². The topological polar surface area (TPSA) is 87.7 Å². The van der Waals surface area contributed by atoms with Crippen LogP contribution in [0.4, 0.5) is 0 Å². The molecule has 7 nitrogen and oxygen atoms in total. The van der Waals surface area contributed by atoms with Crippen LogP contribution in [0, 0.1) is 0 Å². The van der Waals surface area contributed by atoms with Crippen LogP contribution in [0.1, 0.15) is 43.0 Å². The fourth-order valence-corrected chi connectivity index (χ4v) is 4.13. The summed E-state index contributed by atoms with van der Waals surface area (Å²) >= 11 is 1.55. The third-order valence-corrected chi connectivity index (χ3v) is 5.83. The number of aryl methyl sites for hydroxylation is 1. The number of H-pyrrole nitrogens is 1. The van der Waals surface area contributed by atoms with E-state index in [4.69, 9.17) is 0 Å². The molecule has 1 N–H and O–H groups in total. The zero-order valence-electron chi connectivity index (χ0n) is 15.3. The molecule has 4 heterocycles. The van der Waals surface area contributed by atoms with Crippen LogP contribution in [-0.2, 0) is 17.6 Å². The maximum absolute atomic E-state index is 12.6. The summed E-state index contributed by atoms with van der Waals surface area (Å²) in [6.07, 6.45) is 6.56. The van der Waals surface area contributed by atoms with Crippen molar-refractivity contribution in [3.63, 3.8) is 0 Å². The maximum Gasteiger partial charge on any atom is 0.228 e. The van der Waals surface area contributed by atoms with Gasteiger partial charge >= 0.3 is 0 Å². The zero-order valence-corrected chi connectivity index (χ0v) is 16.1. The van der Waals surface area contributed by atoms with Crippen molar-refractivity contribution in [2.45, 2.75) is 38.5 Å². The molecule has 0 aliphatic carbocycles. The second-order valence-corrected chi connectivity index (χ2v) is 7.57. The van der Waals surface area contributed by atoms with Crippen molar-refractivity contribution in [3.8, 4) is 10.6 Å². The van der Waals surface area contributed by atoms with Crippen molar-refractivity contribution in [3.05, 3.63) is 47.2 Å². The number of thiazole rings is 1. The van der Waals surface area contributed by atoms with Crippen LogP contribution in [0.5, 0.6) is 0 Å². The smallest absolute Gasteiger partial charge is 0.228 e. The van der Waals surface area contributed by atoms with Gasteiger partial charge in [0.2, 0.25) is 5.91 Å². The summed E-state index contributed by atoms with van der Waals surface area (Å²) in [6, 6.07) is 3.87. The minimum Gasteiger partial charge on any atom is -0.342 e. The summed E-state index contributed by atoms with van der Waals surface area (Å²) in [5.41, 5.74) is 1.81. The highest BCUT2D eigenvalue weighted by atomic mass is 32.1. The van der Waals surface area contributed by atoms with Gasteiger partial charge in [-0.05, 0) is 25.0 Å². The molecule has 0 unspecified atom stereocenters. The highest BCUT2D eigenvalue weighted by Gasteiger charge is 2.26. The molecule has 3 aromatic heterocycles. The van der Waals surface area contributed by atoms with Gasteiger partial charge in [-0.1, -0.05) is 6.92 Å². The molecule has 27 heavy (non-hydrogen) atoms. The van der Waals surface area contributed by atoms with Gasteiger partial charge < -0.3 is 4.90 Å². The average Bonchev–Trinajstić information content (AvgIpc) is 3.38. The maximum atomic E-state index is 12.6. The Kier molecular flexibility index (Phi) is 5.24. The van der Waals surface area contributed by atoms with E-state index in [1.807, 2.05) is 22.4 Å². The van der Waals surface area contributed by atoms with Crippen molar-refractivity contribution in [1.29, 1.82) is 0 Å². The first kappa shape index (κ1) is 17.8. The molecule has 1 aliphatic rings. The molecule has 1 saturated heterocycles. The van der Waals surface area contributed by atoms with Crippen molar-refractivity contribution in [1.82, 2.24) is 30.0 Å². The van der Waals surface area contributed by atoms with E-state index in [9.17, 15) is 4.79 Å². The van der Waals surface area contributed by atoms with E-state index in [1.54, 1.807) is 23.7 Å². The summed E-state index contributed by atoms with van der Waals surface area (Å²) in [5.74, 6) is 2.29. The first-order valence-electron chi connectivity index (χ1n) is 9.26. The fourth-order valence-electron chi connectivity index (χ4n) is 3.31. The van der Waals surface area contributed by atoms with Crippen LogP contribution in [-0.4, -0.2) is 49.0 Å². The van der Waals surface area contributed by atoms with Crippen LogP contribution in [0.3, 0.4) is 0 Å². The van der Waals surface area contributed by atoms with Crippen molar-refractivity contribution < 1.29 is 4.79 Å². The number of hydrogen-bond acceptors (Lipinski definition) is 6. The molecule has 8 heteroatoms. The van der Waals surface area contributed by atoms with Crippen LogP contribution in [0.15, 0.2) is 29.9 Å². The van der Waals surface area contributed by atoms with Gasteiger partial charge in [-0.2, -0.15) is 5.10 Å². The number of rotatable bonds is 5. The highest BCUT2D eigenvalue weighted by Crippen LogP contribution is 2.27. The SMILES string of the molecule is CCc1nc(C2CCN(C(=O)Cc3csc(-c4cccnc4)n3)CC2)n[nH]1. The Morgan fingerprint density at radius 3 is 2.89 bits per heavy atom. The Bertz CT molecular complexity index is 898. The molecule has 1 aliphatic heterocycles. The Labute approximate surface area is 161 Å². The molecular weight excluding hydrogens is 360 g/mol. The minimum atomic E-state index is 0.140. The third kappa shape index (κ3) is 4.05. The number of nitrogens with one attached hydrogen (secondary N) is 1. The van der Waals surface area contributed by atoms with E-state index in [2.05, 4.69) is 32.1 Å². The molecule has 0 saturated carbocycles. The van der Waals surface area contributed by atoms with E-state index in [0.717, 1.165) is 60.3 Å². The van der Waals surface area contributed by atoms with Gasteiger partial charge in [-0.25, -0.2) is 9.97 Å². The number of nitrogens with zero attached hydrogens (tertiary/aromatic N) is 5. The standard InChI is InChI=1S/C19H22N6OS/c1-2-16-22-18(24-23-16)13-5-8-25(9-6-13)17(26)10-15-12-27-19(21-15)14-4-3-7-20-11-14/h3-4,7,11-13H,2,5-6,8-10H2,1H3,(H,22,23,24). The van der Waals surface area contributed by atoms with Gasteiger partial charge in [0.15, 0.2) is 5.82 Å². The summed E-state index contributed by atoms with van der Waals surface area (Å²) < 4.78 is 0. The summed E-state index contributed by atoms with van der Waals surface area (Å²) in [7, 11) is 0. The third-order valence-electron chi connectivity index (χ3n) is 4.89. The van der Waals surface area contributed by atoms with E-state index in [1.165, 1.54) is 0 Å². The van der Waals surface area contributed by atoms with Crippen molar-refractivity contribution >= 4 is 17.2 Å². The zero-order chi connectivity index (χ0) is 18.6. The van der Waals surface area contributed by atoms with Crippen LogP contribution in [0.2, 0.25) is 0 Å². The molecule has 1 amide bonds. The first-order chi connectivity index (χ1) is 13.2. The monoisotopic (exact) mass is 382 g/mol. The average molecular weight is 382 g/mol. The lowest BCUT2D eigenvalue weighted by Crippen LogP contribution is -2.39. The molecule has 0 aromatic carbocycles. The van der Waals surface area contributed by atoms with E-state index in [0.29, 0.717) is 12.3 Å². The number of carbonyl (C=O) groups is 1. The normalized spacial score (nSPS) is 15.2. The van der Waals surface area contributed by atoms with Crippen LogP contribution >= 0.6 is 11.3 Å². The molecular formula is C19H22N6OS. The van der Waals surface area contributed by atoms with Gasteiger partial charge in [-0.15, -0.1) is 11.3 Å². The lowest BCUT2D eigenvalue weighted by Gasteiger charge is -2.30. The summed E-state index contributed by atoms with van der Waals surface area (Å²) in [6.45, 7) is 3.56. The first-order valence-corrected chi connectivity index (χ1v) is 10.1. The highest BCUT2D eigenvalue weighted by molar-refractivity contribution is 7.13. The Morgan fingerprint density at radius 2 is 2.19 bits per heavy atom. The molecule has 0 radical (unpaired) electrons. The number of aromatic nitrogens is 5. The van der Waals surface area contributed by atoms with Gasteiger partial charge in [0, 0.05) is 48.8 Å². The summed E-state index contributed by atoms with van der Waals surface area (Å²) in [5, 5.41) is 10.2. The summed E-state index contributed by atoms with van der Waals surface area (Å²) in [4.78, 5) is 27.8. The van der Waals surface area contributed by atoms with Gasteiger partial charge in [0.05, 0.1) is 12.1 Å². The predicted molar refractivity (Wildman–Crippen MR) is 103 cm³/mol. The predicted octanol–water partition coefficient (Wildman–Crippen LogP) is 2.83. The lowest BCUT2D eigenvalue weighted by atomic mass is 9.96. The van der Waals surface area contributed by atoms with Gasteiger partial charge in [0.1, 0.15) is 10.8 Å². The quantitative estimate of drug-likeness (QED) is 0.733. The molecule has 0 atom stereocenters. The molecule has 0 bridgehead atoms. The number of amides is 1. The number of aromatic amines is 1. The Morgan fingerprint density at radius 1 is 1.33 bits per heavy atom. The molecule has 0 spiro atoms. The molecule has 140 valence electrons. The van der Waals surface area contributed by atoms with E-state index < -0.39 is 0 Å². The number of carbonyl (C=O) groups excluding carboxylic acids is 1. The van der Waals surface area contributed by atoms with Crippen molar-refractivity contribution in [2.24, 2.45) is 0 Å². The van der Waals surface area contributed by atoms with E-state index in [-0.39, 0.29) is 5.91 Å². The van der Waals surface area contributed by atoms with E-state index >= 15 is 0 Å². The number of pyridine rings is 1. The Hall–Kier alpha value is -2.61. The van der Waals surface area contributed by atoms with Crippen LogP contribution in [0.25, 0.3) is 10.6 Å². The number of piperidine rings is 1. The fraction of sp³-hybridized carbons (Fsp3) is 0.421. The second-order valence-electron chi connectivity index (χ2n) is 6.71. The molecule has 1 fully saturated rings. The Balaban J connectivity index is 1.33. The molecule has 4 rings (SSSR count). The van der Waals surface area contributed by atoms with Crippen molar-refractivity contribution in [2.75, 3.05) is 13.1 Å². The number of likely N-dealkylation sites (tertiary alicyclic amines) is 1. The minimum absolute atomic E-state index is 0.140. The van der Waals surface area contributed by atoms with Crippen LogP contribution < -0.4 is 0 Å². The second kappa shape index (κ2) is 7.96. The number of hydrogen-bond donors (Lipinski definition) is 1. The molecule has 3 aromatic rings. The largest absolute Gasteiger partial charge is 0.342 e.